The van der Waals surface area contributed by atoms with Crippen molar-refractivity contribution in [1.29, 1.82) is 0 Å². The summed E-state index contributed by atoms with van der Waals surface area (Å²) in [4.78, 5) is 16.8. The zero-order valence-electron chi connectivity index (χ0n) is 18.7. The number of para-hydroxylation sites is 1. The van der Waals surface area contributed by atoms with Crippen molar-refractivity contribution in [3.8, 4) is 11.5 Å². The number of hydrogen-bond donors (Lipinski definition) is 4. The topological polar surface area (TPSA) is 101 Å². The van der Waals surface area contributed by atoms with E-state index in [0.29, 0.717) is 27.7 Å². The van der Waals surface area contributed by atoms with Crippen molar-refractivity contribution >= 4 is 45.9 Å². The van der Waals surface area contributed by atoms with Gasteiger partial charge in [0.1, 0.15) is 28.0 Å². The molecule has 3 aromatic carbocycles. The summed E-state index contributed by atoms with van der Waals surface area (Å²) in [6, 6.07) is 23.7. The van der Waals surface area contributed by atoms with Gasteiger partial charge in [0.2, 0.25) is 5.78 Å². The molecule has 0 unspecified atom stereocenters. The van der Waals surface area contributed by atoms with Gasteiger partial charge in [0, 0.05) is 16.9 Å². The fraction of sp³-hybridized carbons (Fsp3) is 0.0769. The number of ketones is 1. The SMILES string of the molecule is COc1ccc(Nc2[nH]c(C(=O)c3ccc(OC)cc3)c(N)c2C(=S)Nc2ccccc2)cc1. The maximum Gasteiger partial charge on any atom is 0.211 e. The normalized spacial score (nSPS) is 10.4. The van der Waals surface area contributed by atoms with Crippen LogP contribution in [0.5, 0.6) is 11.5 Å². The van der Waals surface area contributed by atoms with Crippen LogP contribution in [0.2, 0.25) is 0 Å². The molecule has 0 spiro atoms. The maximum atomic E-state index is 13.3. The molecule has 172 valence electrons. The molecule has 4 aromatic rings. The highest BCUT2D eigenvalue weighted by Gasteiger charge is 2.24. The van der Waals surface area contributed by atoms with Gasteiger partial charge in [0.05, 0.1) is 25.5 Å². The summed E-state index contributed by atoms with van der Waals surface area (Å²) < 4.78 is 10.4. The summed E-state index contributed by atoms with van der Waals surface area (Å²) in [5, 5.41) is 6.48. The summed E-state index contributed by atoms with van der Waals surface area (Å²) in [6.45, 7) is 0. The molecule has 0 fully saturated rings. The summed E-state index contributed by atoms with van der Waals surface area (Å²) in [7, 11) is 3.18. The van der Waals surface area contributed by atoms with E-state index in [9.17, 15) is 4.79 Å². The molecule has 0 bridgehead atoms. The molecule has 0 saturated carbocycles. The lowest BCUT2D eigenvalue weighted by Gasteiger charge is -2.12. The lowest BCUT2D eigenvalue weighted by atomic mass is 10.1. The summed E-state index contributed by atoms with van der Waals surface area (Å²) >= 11 is 5.68. The Balaban J connectivity index is 1.72. The van der Waals surface area contributed by atoms with Crippen LogP contribution in [0.4, 0.5) is 22.9 Å². The van der Waals surface area contributed by atoms with Crippen LogP contribution in [0.15, 0.2) is 78.9 Å². The van der Waals surface area contributed by atoms with Crippen molar-refractivity contribution in [3.63, 3.8) is 0 Å². The number of H-pyrrole nitrogens is 1. The van der Waals surface area contributed by atoms with E-state index < -0.39 is 0 Å². The molecule has 0 aliphatic heterocycles. The number of nitrogens with one attached hydrogen (secondary N) is 3. The molecule has 5 N–H and O–H groups in total. The molecule has 0 aliphatic rings. The number of aromatic amines is 1. The van der Waals surface area contributed by atoms with Crippen LogP contribution in [0, 0.1) is 0 Å². The van der Waals surface area contributed by atoms with Crippen LogP contribution >= 0.6 is 12.2 Å². The van der Waals surface area contributed by atoms with Gasteiger partial charge >= 0.3 is 0 Å². The number of nitrogen functional groups attached to an aromatic ring is 1. The Morgan fingerprint density at radius 2 is 1.44 bits per heavy atom. The second-order valence-corrected chi connectivity index (χ2v) is 7.80. The molecule has 4 rings (SSSR count). The molecule has 0 amide bonds. The number of thiocarbonyl (C=S) groups is 1. The van der Waals surface area contributed by atoms with Crippen LogP contribution in [0.3, 0.4) is 0 Å². The Morgan fingerprint density at radius 3 is 2.03 bits per heavy atom. The van der Waals surface area contributed by atoms with Crippen LogP contribution in [0.1, 0.15) is 21.6 Å². The van der Waals surface area contributed by atoms with Crippen molar-refractivity contribution in [2.45, 2.75) is 0 Å². The van der Waals surface area contributed by atoms with Crippen molar-refractivity contribution in [2.75, 3.05) is 30.6 Å². The number of carbonyl (C=O) groups is 1. The average molecular weight is 473 g/mol. The number of carbonyl (C=O) groups excluding carboxylic acids is 1. The Morgan fingerprint density at radius 1 is 0.853 bits per heavy atom. The van der Waals surface area contributed by atoms with Gasteiger partial charge in [-0.15, -0.1) is 0 Å². The van der Waals surface area contributed by atoms with Gasteiger partial charge < -0.3 is 30.8 Å². The van der Waals surface area contributed by atoms with E-state index in [1.165, 1.54) is 0 Å². The van der Waals surface area contributed by atoms with Crippen LogP contribution in [0.25, 0.3) is 0 Å². The van der Waals surface area contributed by atoms with Crippen molar-refractivity contribution in [2.24, 2.45) is 0 Å². The van der Waals surface area contributed by atoms with Gasteiger partial charge in [-0.3, -0.25) is 4.79 Å². The number of ether oxygens (including phenoxy) is 2. The fourth-order valence-electron chi connectivity index (χ4n) is 3.44. The van der Waals surface area contributed by atoms with Gasteiger partial charge in [-0.05, 0) is 60.7 Å². The first-order valence-corrected chi connectivity index (χ1v) is 10.9. The van der Waals surface area contributed by atoms with E-state index >= 15 is 0 Å². The largest absolute Gasteiger partial charge is 0.497 e. The minimum atomic E-state index is -0.258. The molecule has 0 radical (unpaired) electrons. The van der Waals surface area contributed by atoms with E-state index in [-0.39, 0.29) is 17.2 Å². The van der Waals surface area contributed by atoms with Crippen LogP contribution < -0.4 is 25.8 Å². The number of aromatic nitrogens is 1. The monoisotopic (exact) mass is 472 g/mol. The van der Waals surface area contributed by atoms with Crippen molar-refractivity contribution < 1.29 is 14.3 Å². The summed E-state index contributed by atoms with van der Waals surface area (Å²) in [6.07, 6.45) is 0. The van der Waals surface area contributed by atoms with E-state index in [1.54, 1.807) is 38.5 Å². The predicted molar refractivity (Wildman–Crippen MR) is 140 cm³/mol. The van der Waals surface area contributed by atoms with Crippen molar-refractivity contribution in [1.82, 2.24) is 4.98 Å². The number of hydrogen-bond acceptors (Lipinski definition) is 6. The zero-order chi connectivity index (χ0) is 24.1. The number of nitrogens with two attached hydrogens (primary N) is 1. The lowest BCUT2D eigenvalue weighted by Crippen LogP contribution is -2.14. The minimum absolute atomic E-state index is 0.244. The Bertz CT molecular complexity index is 1300. The van der Waals surface area contributed by atoms with Gasteiger partial charge in [-0.1, -0.05) is 30.4 Å². The van der Waals surface area contributed by atoms with Crippen LogP contribution in [-0.2, 0) is 0 Å². The first-order valence-electron chi connectivity index (χ1n) is 10.5. The number of methoxy groups -OCH3 is 2. The molecular formula is C26H24N4O3S. The molecule has 8 heteroatoms. The third-order valence-corrected chi connectivity index (χ3v) is 5.54. The fourth-order valence-corrected chi connectivity index (χ4v) is 3.77. The van der Waals surface area contributed by atoms with Crippen LogP contribution in [-0.4, -0.2) is 30.0 Å². The molecule has 1 heterocycles. The zero-order valence-corrected chi connectivity index (χ0v) is 19.5. The summed E-state index contributed by atoms with van der Waals surface area (Å²) in [5.74, 6) is 1.64. The molecule has 34 heavy (non-hydrogen) atoms. The first-order chi connectivity index (χ1) is 16.5. The van der Waals surface area contributed by atoms with Gasteiger partial charge in [-0.25, -0.2) is 0 Å². The highest BCUT2D eigenvalue weighted by atomic mass is 32.1. The molecule has 1 aromatic heterocycles. The highest BCUT2D eigenvalue weighted by molar-refractivity contribution is 7.81. The molecule has 7 nitrogen and oxygen atoms in total. The lowest BCUT2D eigenvalue weighted by molar-refractivity contribution is 0.103. The molecule has 0 saturated heterocycles. The second kappa shape index (κ2) is 10.1. The van der Waals surface area contributed by atoms with E-state index in [1.807, 2.05) is 54.6 Å². The quantitative estimate of drug-likeness (QED) is 0.202. The highest BCUT2D eigenvalue weighted by Crippen LogP contribution is 2.32. The molecular weight excluding hydrogens is 448 g/mol. The molecule has 0 atom stereocenters. The van der Waals surface area contributed by atoms with E-state index in [0.717, 1.165) is 17.1 Å². The molecule has 0 aliphatic carbocycles. The van der Waals surface area contributed by atoms with Gasteiger partial charge in [0.15, 0.2) is 0 Å². The Hall–Kier alpha value is -4.30. The Kier molecular flexibility index (Phi) is 6.79. The van der Waals surface area contributed by atoms with Gasteiger partial charge in [-0.2, -0.15) is 0 Å². The number of rotatable bonds is 8. The van der Waals surface area contributed by atoms with E-state index in [4.69, 9.17) is 27.4 Å². The second-order valence-electron chi connectivity index (χ2n) is 7.39. The predicted octanol–water partition coefficient (Wildman–Crippen LogP) is 5.38. The number of benzene rings is 3. The smallest absolute Gasteiger partial charge is 0.211 e. The number of anilines is 4. The third kappa shape index (κ3) is 4.87. The average Bonchev–Trinajstić information content (AvgIpc) is 3.20. The van der Waals surface area contributed by atoms with Crippen molar-refractivity contribution in [3.05, 3.63) is 95.7 Å². The summed E-state index contributed by atoms with van der Waals surface area (Å²) in [5.41, 5.74) is 9.55. The van der Waals surface area contributed by atoms with Gasteiger partial charge in [0.25, 0.3) is 0 Å². The van der Waals surface area contributed by atoms with E-state index in [2.05, 4.69) is 15.6 Å². The maximum absolute atomic E-state index is 13.3. The minimum Gasteiger partial charge on any atom is -0.497 e. The standard InChI is InChI=1S/C26H24N4O3S/c1-32-19-12-8-16(9-13-19)24(31)23-22(27)21(26(34)29-17-6-4-3-5-7-17)25(30-23)28-18-10-14-20(33-2)15-11-18/h3-15,28,30H,27H2,1-2H3,(H,29,34). The third-order valence-electron chi connectivity index (χ3n) is 5.24. The first kappa shape index (κ1) is 22.9. The Labute approximate surface area is 202 Å².